The number of rotatable bonds is 3. The Bertz CT molecular complexity index is 648. The van der Waals surface area contributed by atoms with Gasteiger partial charge in [0.05, 0.1) is 5.56 Å². The summed E-state index contributed by atoms with van der Waals surface area (Å²) in [5, 5.41) is 2.95. The minimum atomic E-state index is -4.34. The van der Waals surface area contributed by atoms with Gasteiger partial charge in [0.2, 0.25) is 0 Å². The molecule has 4 nitrogen and oxygen atoms in total. The van der Waals surface area contributed by atoms with Crippen LogP contribution in [0.4, 0.5) is 30.5 Å². The maximum Gasteiger partial charge on any atom is 0.416 e. The van der Waals surface area contributed by atoms with Gasteiger partial charge in [0.25, 0.3) is 0 Å². The van der Waals surface area contributed by atoms with Crippen LogP contribution in [0.25, 0.3) is 0 Å². The summed E-state index contributed by atoms with van der Waals surface area (Å²) in [4.78, 5) is 8.50. The van der Waals surface area contributed by atoms with Crippen LogP contribution in [0, 0.1) is 0 Å². The van der Waals surface area contributed by atoms with Gasteiger partial charge in [-0.3, -0.25) is 0 Å². The number of anilines is 3. The SMILES string of the molecule is Nc1cc(Nc2ccc(C(F)(F)F)cc2)nc(C2CC2)n1. The van der Waals surface area contributed by atoms with E-state index in [1.807, 2.05) is 0 Å². The van der Waals surface area contributed by atoms with Crippen molar-refractivity contribution in [1.29, 1.82) is 0 Å². The first-order valence-electron chi connectivity index (χ1n) is 6.50. The Balaban J connectivity index is 1.80. The molecule has 0 atom stereocenters. The number of halogens is 3. The van der Waals surface area contributed by atoms with Crippen LogP contribution in [0.3, 0.4) is 0 Å². The molecule has 0 spiro atoms. The molecule has 110 valence electrons. The average Bonchev–Trinajstić information content (AvgIpc) is 3.21. The van der Waals surface area contributed by atoms with Gasteiger partial charge in [0.1, 0.15) is 17.5 Å². The second-order valence-corrected chi connectivity index (χ2v) is 5.01. The summed E-state index contributed by atoms with van der Waals surface area (Å²) in [6.07, 6.45) is -2.25. The van der Waals surface area contributed by atoms with Crippen LogP contribution in [-0.2, 0) is 6.18 Å². The maximum absolute atomic E-state index is 12.5. The fourth-order valence-corrected chi connectivity index (χ4v) is 1.96. The maximum atomic E-state index is 12.5. The molecular weight excluding hydrogens is 281 g/mol. The van der Waals surface area contributed by atoms with Crippen molar-refractivity contribution in [3.8, 4) is 0 Å². The van der Waals surface area contributed by atoms with Crippen LogP contribution in [0.2, 0.25) is 0 Å². The molecule has 2 aromatic rings. The molecule has 0 bridgehead atoms. The molecule has 3 rings (SSSR count). The lowest BCUT2D eigenvalue weighted by Crippen LogP contribution is -2.05. The molecule has 1 fully saturated rings. The second kappa shape index (κ2) is 4.91. The summed E-state index contributed by atoms with van der Waals surface area (Å²) < 4.78 is 37.5. The summed E-state index contributed by atoms with van der Waals surface area (Å²) in [5.74, 6) is 1.87. The monoisotopic (exact) mass is 294 g/mol. The van der Waals surface area contributed by atoms with Gasteiger partial charge < -0.3 is 11.1 Å². The van der Waals surface area contributed by atoms with Crippen LogP contribution in [0.5, 0.6) is 0 Å². The topological polar surface area (TPSA) is 63.8 Å². The lowest BCUT2D eigenvalue weighted by atomic mass is 10.2. The second-order valence-electron chi connectivity index (χ2n) is 5.01. The number of benzene rings is 1. The first-order valence-corrected chi connectivity index (χ1v) is 6.50. The third kappa shape index (κ3) is 3.24. The van der Waals surface area contributed by atoms with Crippen LogP contribution in [0.15, 0.2) is 30.3 Å². The van der Waals surface area contributed by atoms with Gasteiger partial charge in [0.15, 0.2) is 0 Å². The highest BCUT2D eigenvalue weighted by Gasteiger charge is 2.30. The number of nitrogens with two attached hydrogens (primary N) is 1. The van der Waals surface area contributed by atoms with Gasteiger partial charge in [-0.25, -0.2) is 9.97 Å². The van der Waals surface area contributed by atoms with Crippen molar-refractivity contribution in [3.05, 3.63) is 41.7 Å². The van der Waals surface area contributed by atoms with Crippen molar-refractivity contribution in [1.82, 2.24) is 9.97 Å². The Hall–Kier alpha value is -2.31. The van der Waals surface area contributed by atoms with Crippen molar-refractivity contribution < 1.29 is 13.2 Å². The number of aromatic nitrogens is 2. The summed E-state index contributed by atoms with van der Waals surface area (Å²) in [6, 6.07) is 6.32. The number of nitrogen functional groups attached to an aromatic ring is 1. The van der Waals surface area contributed by atoms with E-state index in [-0.39, 0.29) is 0 Å². The van der Waals surface area contributed by atoms with E-state index in [0.717, 1.165) is 25.0 Å². The van der Waals surface area contributed by atoms with Crippen molar-refractivity contribution in [2.45, 2.75) is 24.9 Å². The minimum Gasteiger partial charge on any atom is -0.384 e. The predicted molar refractivity (Wildman–Crippen MR) is 73.1 cm³/mol. The lowest BCUT2D eigenvalue weighted by molar-refractivity contribution is -0.137. The van der Waals surface area contributed by atoms with Crippen LogP contribution in [-0.4, -0.2) is 9.97 Å². The van der Waals surface area contributed by atoms with E-state index in [0.29, 0.717) is 29.1 Å². The van der Waals surface area contributed by atoms with Crippen LogP contribution in [0.1, 0.15) is 30.1 Å². The number of alkyl halides is 3. The Kier molecular flexibility index (Phi) is 3.19. The molecule has 21 heavy (non-hydrogen) atoms. The Labute approximate surface area is 119 Å². The van der Waals surface area contributed by atoms with Gasteiger partial charge >= 0.3 is 6.18 Å². The molecule has 1 aromatic carbocycles. The Morgan fingerprint density at radius 3 is 2.33 bits per heavy atom. The van der Waals surface area contributed by atoms with Gasteiger partial charge in [-0.15, -0.1) is 0 Å². The molecule has 0 saturated heterocycles. The predicted octanol–water partition coefficient (Wildman–Crippen LogP) is 3.70. The standard InChI is InChI=1S/C14H13F3N4/c15-14(16,17)9-3-5-10(6-4-9)19-12-7-11(18)20-13(21-12)8-1-2-8/h3-8H,1-2H2,(H3,18,19,20,21). The van der Waals surface area contributed by atoms with E-state index in [1.54, 1.807) is 6.07 Å². The molecule has 1 saturated carbocycles. The Morgan fingerprint density at radius 1 is 1.10 bits per heavy atom. The third-order valence-corrected chi connectivity index (χ3v) is 3.19. The number of hydrogen-bond acceptors (Lipinski definition) is 4. The highest BCUT2D eigenvalue weighted by Crippen LogP contribution is 2.38. The van der Waals surface area contributed by atoms with E-state index in [1.165, 1.54) is 12.1 Å². The van der Waals surface area contributed by atoms with Crippen molar-refractivity contribution in [2.24, 2.45) is 0 Å². The summed E-state index contributed by atoms with van der Waals surface area (Å²) in [7, 11) is 0. The summed E-state index contributed by atoms with van der Waals surface area (Å²) >= 11 is 0. The van der Waals surface area contributed by atoms with E-state index in [9.17, 15) is 13.2 Å². The van der Waals surface area contributed by atoms with Gasteiger partial charge in [-0.05, 0) is 37.1 Å². The molecule has 7 heteroatoms. The zero-order valence-electron chi connectivity index (χ0n) is 11.0. The number of hydrogen-bond donors (Lipinski definition) is 2. The van der Waals surface area contributed by atoms with Crippen molar-refractivity contribution in [2.75, 3.05) is 11.1 Å². The van der Waals surface area contributed by atoms with E-state index < -0.39 is 11.7 Å². The fourth-order valence-electron chi connectivity index (χ4n) is 1.96. The molecule has 0 amide bonds. The molecule has 0 unspecified atom stereocenters. The zero-order valence-corrected chi connectivity index (χ0v) is 11.0. The minimum absolute atomic E-state index is 0.348. The molecular formula is C14H13F3N4. The molecule has 1 heterocycles. The fraction of sp³-hybridized carbons (Fsp3) is 0.286. The first-order chi connectivity index (χ1) is 9.91. The van der Waals surface area contributed by atoms with E-state index >= 15 is 0 Å². The smallest absolute Gasteiger partial charge is 0.384 e. The molecule has 1 aromatic heterocycles. The van der Waals surface area contributed by atoms with Crippen LogP contribution >= 0.6 is 0 Å². The highest BCUT2D eigenvalue weighted by molar-refractivity contribution is 5.59. The Morgan fingerprint density at radius 2 is 1.76 bits per heavy atom. The van der Waals surface area contributed by atoms with Crippen molar-refractivity contribution >= 4 is 17.3 Å². The quantitative estimate of drug-likeness (QED) is 0.906. The van der Waals surface area contributed by atoms with E-state index in [2.05, 4.69) is 15.3 Å². The first kappa shape index (κ1) is 13.7. The van der Waals surface area contributed by atoms with Gasteiger partial charge in [-0.2, -0.15) is 13.2 Å². The highest BCUT2D eigenvalue weighted by atomic mass is 19.4. The van der Waals surface area contributed by atoms with Crippen molar-refractivity contribution in [3.63, 3.8) is 0 Å². The summed E-state index contributed by atoms with van der Waals surface area (Å²) in [6.45, 7) is 0. The lowest BCUT2D eigenvalue weighted by Gasteiger charge is -2.10. The molecule has 1 aliphatic carbocycles. The van der Waals surface area contributed by atoms with Crippen LogP contribution < -0.4 is 11.1 Å². The molecule has 0 aliphatic heterocycles. The van der Waals surface area contributed by atoms with Gasteiger partial charge in [0, 0.05) is 17.7 Å². The summed E-state index contributed by atoms with van der Waals surface area (Å²) in [5.41, 5.74) is 5.55. The average molecular weight is 294 g/mol. The molecule has 3 N–H and O–H groups in total. The van der Waals surface area contributed by atoms with Gasteiger partial charge in [-0.1, -0.05) is 0 Å². The molecule has 1 aliphatic rings. The number of nitrogens with one attached hydrogen (secondary N) is 1. The number of nitrogens with zero attached hydrogens (tertiary/aromatic N) is 2. The van der Waals surface area contributed by atoms with E-state index in [4.69, 9.17) is 5.73 Å². The largest absolute Gasteiger partial charge is 0.416 e. The third-order valence-electron chi connectivity index (χ3n) is 3.19. The normalized spacial score (nSPS) is 15.0. The molecule has 0 radical (unpaired) electrons. The zero-order chi connectivity index (χ0) is 15.0.